The van der Waals surface area contributed by atoms with Crippen molar-refractivity contribution in [3.8, 4) is 0 Å². The Balaban J connectivity index is 2.51. The van der Waals surface area contributed by atoms with Crippen LogP contribution in [0.15, 0.2) is 24.3 Å². The van der Waals surface area contributed by atoms with Crippen LogP contribution in [-0.2, 0) is 42.9 Å². The molecule has 10 nitrogen and oxygen atoms in total. The fraction of sp³-hybridized carbons (Fsp3) is 0.467. The van der Waals surface area contributed by atoms with E-state index in [1.54, 1.807) is 4.90 Å². The van der Waals surface area contributed by atoms with Gasteiger partial charge in [0.25, 0.3) is 0 Å². The van der Waals surface area contributed by atoms with E-state index in [0.29, 0.717) is 13.5 Å². The van der Waals surface area contributed by atoms with Crippen LogP contribution < -0.4 is 0 Å². The Bertz CT molecular complexity index is 551. The summed E-state index contributed by atoms with van der Waals surface area (Å²) in [5, 5.41) is 0. The van der Waals surface area contributed by atoms with Crippen LogP contribution in [0.4, 0.5) is 0 Å². The molecule has 1 aliphatic heterocycles. The zero-order chi connectivity index (χ0) is 18.7. The Morgan fingerprint density at radius 1 is 0.920 bits per heavy atom. The summed E-state index contributed by atoms with van der Waals surface area (Å²) in [7, 11) is 2.34. The van der Waals surface area contributed by atoms with Crippen molar-refractivity contribution >= 4 is 23.9 Å². The van der Waals surface area contributed by atoms with E-state index in [1.165, 1.54) is 14.2 Å². The number of esters is 4. The molecule has 0 aromatic rings. The minimum Gasteiger partial charge on any atom is -0.466 e. The van der Waals surface area contributed by atoms with Crippen molar-refractivity contribution in [3.05, 3.63) is 24.3 Å². The first kappa shape index (κ1) is 20.3. The first-order chi connectivity index (χ1) is 11.9. The molecule has 0 saturated carbocycles. The summed E-state index contributed by atoms with van der Waals surface area (Å²) in [6.45, 7) is 0.759. The van der Waals surface area contributed by atoms with Crippen LogP contribution in [0.25, 0.3) is 0 Å². The van der Waals surface area contributed by atoms with Crippen LogP contribution in [-0.4, -0.2) is 75.7 Å². The molecule has 0 spiro atoms. The summed E-state index contributed by atoms with van der Waals surface area (Å²) in [5.74, 6) is -3.00. The first-order valence-corrected chi connectivity index (χ1v) is 7.14. The molecule has 10 heteroatoms. The van der Waals surface area contributed by atoms with Gasteiger partial charge in [-0.05, 0) is 0 Å². The number of hydrogen-bond acceptors (Lipinski definition) is 10. The molecule has 0 aromatic heterocycles. The Labute approximate surface area is 143 Å². The van der Waals surface area contributed by atoms with Crippen molar-refractivity contribution < 1.29 is 42.9 Å². The molecule has 0 N–H and O–H groups in total. The molecular formula is C15H19NO9. The highest BCUT2D eigenvalue weighted by molar-refractivity contribution is 5.92. The average Bonchev–Trinajstić information content (AvgIpc) is 2.57. The van der Waals surface area contributed by atoms with Crippen LogP contribution in [0.3, 0.4) is 0 Å². The van der Waals surface area contributed by atoms with E-state index in [4.69, 9.17) is 14.2 Å². The summed E-state index contributed by atoms with van der Waals surface area (Å²) in [5.41, 5.74) is 0. The summed E-state index contributed by atoms with van der Waals surface area (Å²) in [4.78, 5) is 46.8. The standard InChI is InChI=1S/C15H19NO9/c1-21-12(17)3-5-14(19)24-8-11(7-16-9-23-10-16)25-15(20)6-4-13(18)22-2/h3-6,11H,7-10H2,1-2H3/b5-3+,6-4+. The number of nitrogens with zero attached hydrogens (tertiary/aromatic N) is 1. The van der Waals surface area contributed by atoms with E-state index in [9.17, 15) is 19.2 Å². The molecule has 0 aromatic carbocycles. The van der Waals surface area contributed by atoms with Gasteiger partial charge in [0, 0.05) is 30.8 Å². The number of rotatable bonds is 9. The number of carbonyl (C=O) groups excluding carboxylic acids is 4. The average molecular weight is 357 g/mol. The van der Waals surface area contributed by atoms with Gasteiger partial charge in [0.2, 0.25) is 0 Å². The molecule has 1 atom stereocenters. The van der Waals surface area contributed by atoms with Crippen molar-refractivity contribution in [2.75, 3.05) is 40.8 Å². The van der Waals surface area contributed by atoms with E-state index >= 15 is 0 Å². The van der Waals surface area contributed by atoms with Crippen LogP contribution in [0.2, 0.25) is 0 Å². The number of carbonyl (C=O) groups is 4. The Morgan fingerprint density at radius 3 is 1.92 bits per heavy atom. The van der Waals surface area contributed by atoms with Gasteiger partial charge in [-0.3, -0.25) is 4.90 Å². The molecular weight excluding hydrogens is 338 g/mol. The van der Waals surface area contributed by atoms with E-state index in [2.05, 4.69) is 9.47 Å². The highest BCUT2D eigenvalue weighted by Crippen LogP contribution is 2.07. The van der Waals surface area contributed by atoms with E-state index < -0.39 is 30.0 Å². The smallest absolute Gasteiger partial charge is 0.331 e. The Morgan fingerprint density at radius 2 is 1.44 bits per heavy atom. The lowest BCUT2D eigenvalue weighted by Crippen LogP contribution is -2.46. The summed E-state index contributed by atoms with van der Waals surface area (Å²) in [6, 6.07) is 0. The van der Waals surface area contributed by atoms with Gasteiger partial charge in [0.15, 0.2) is 0 Å². The molecule has 0 bridgehead atoms. The predicted molar refractivity (Wildman–Crippen MR) is 80.7 cm³/mol. The van der Waals surface area contributed by atoms with Gasteiger partial charge in [-0.15, -0.1) is 0 Å². The zero-order valence-electron chi connectivity index (χ0n) is 13.8. The van der Waals surface area contributed by atoms with Crippen LogP contribution in [0, 0.1) is 0 Å². The van der Waals surface area contributed by atoms with Gasteiger partial charge in [-0.25, -0.2) is 19.2 Å². The highest BCUT2D eigenvalue weighted by Gasteiger charge is 2.23. The van der Waals surface area contributed by atoms with Gasteiger partial charge in [-0.1, -0.05) is 0 Å². The van der Waals surface area contributed by atoms with E-state index in [1.807, 2.05) is 0 Å². The molecule has 1 rings (SSSR count). The molecule has 0 radical (unpaired) electrons. The SMILES string of the molecule is COC(=O)/C=C/C(=O)OCC(CN1COC1)OC(=O)/C=C/C(=O)OC. The largest absolute Gasteiger partial charge is 0.466 e. The van der Waals surface area contributed by atoms with Gasteiger partial charge in [0.1, 0.15) is 26.2 Å². The minimum absolute atomic E-state index is 0.237. The Kier molecular flexibility index (Phi) is 8.90. The first-order valence-electron chi connectivity index (χ1n) is 7.14. The second-order valence-corrected chi connectivity index (χ2v) is 4.72. The lowest BCUT2D eigenvalue weighted by molar-refractivity contribution is -0.174. The molecule has 0 aliphatic carbocycles. The quantitative estimate of drug-likeness (QED) is 0.293. The second kappa shape index (κ2) is 10.9. The van der Waals surface area contributed by atoms with Gasteiger partial charge in [-0.2, -0.15) is 0 Å². The highest BCUT2D eigenvalue weighted by atomic mass is 16.6. The zero-order valence-corrected chi connectivity index (χ0v) is 13.8. The second-order valence-electron chi connectivity index (χ2n) is 4.72. The van der Waals surface area contributed by atoms with Crippen LogP contribution in [0.1, 0.15) is 0 Å². The summed E-state index contributed by atoms with van der Waals surface area (Å²) < 4.78 is 23.7. The van der Waals surface area contributed by atoms with Gasteiger partial charge < -0.3 is 23.7 Å². The minimum atomic E-state index is -0.795. The monoisotopic (exact) mass is 357 g/mol. The predicted octanol–water partition coefficient (Wildman–Crippen LogP) is -0.853. The summed E-state index contributed by atoms with van der Waals surface area (Å²) in [6.07, 6.45) is 2.84. The van der Waals surface area contributed by atoms with Crippen molar-refractivity contribution in [2.45, 2.75) is 6.10 Å². The lowest BCUT2D eigenvalue weighted by atomic mass is 10.3. The molecule has 1 unspecified atom stereocenters. The Hall–Kier alpha value is -2.72. The number of ether oxygens (including phenoxy) is 5. The van der Waals surface area contributed by atoms with Crippen molar-refractivity contribution in [2.24, 2.45) is 0 Å². The van der Waals surface area contributed by atoms with Crippen molar-refractivity contribution in [1.82, 2.24) is 4.90 Å². The molecule has 138 valence electrons. The third-order valence-corrected chi connectivity index (χ3v) is 2.82. The third kappa shape index (κ3) is 8.63. The van der Waals surface area contributed by atoms with Gasteiger partial charge >= 0.3 is 23.9 Å². The fourth-order valence-electron chi connectivity index (χ4n) is 1.57. The molecule has 1 fully saturated rings. The molecule has 1 heterocycles. The molecule has 1 aliphatic rings. The fourth-order valence-corrected chi connectivity index (χ4v) is 1.57. The maximum Gasteiger partial charge on any atom is 0.331 e. The van der Waals surface area contributed by atoms with Gasteiger partial charge in [0.05, 0.1) is 14.2 Å². The van der Waals surface area contributed by atoms with Crippen molar-refractivity contribution in [3.63, 3.8) is 0 Å². The topological polar surface area (TPSA) is 118 Å². The third-order valence-electron chi connectivity index (χ3n) is 2.82. The normalized spacial score (nSPS) is 15.4. The maximum atomic E-state index is 11.7. The van der Waals surface area contributed by atoms with E-state index in [-0.39, 0.29) is 13.2 Å². The van der Waals surface area contributed by atoms with Crippen LogP contribution >= 0.6 is 0 Å². The maximum absolute atomic E-state index is 11.7. The molecule has 1 saturated heterocycles. The lowest BCUT2D eigenvalue weighted by Gasteiger charge is -2.33. The molecule has 25 heavy (non-hydrogen) atoms. The molecule has 0 amide bonds. The number of hydrogen-bond donors (Lipinski definition) is 0. The van der Waals surface area contributed by atoms with Crippen molar-refractivity contribution in [1.29, 1.82) is 0 Å². The summed E-state index contributed by atoms with van der Waals surface area (Å²) >= 11 is 0. The van der Waals surface area contributed by atoms with E-state index in [0.717, 1.165) is 24.3 Å². The van der Waals surface area contributed by atoms with Crippen LogP contribution in [0.5, 0.6) is 0 Å². The number of methoxy groups -OCH3 is 2.